The number of hydrogen-bond donors (Lipinski definition) is 0. The molecule has 6 heteroatoms. The van der Waals surface area contributed by atoms with Crippen molar-refractivity contribution in [3.63, 3.8) is 0 Å². The van der Waals surface area contributed by atoms with Gasteiger partial charge >= 0.3 is 21.1 Å². The summed E-state index contributed by atoms with van der Waals surface area (Å²) in [6.07, 6.45) is 1.91. The van der Waals surface area contributed by atoms with Crippen LogP contribution in [0.5, 0.6) is 0 Å². The normalized spacial score (nSPS) is 13.9. The Labute approximate surface area is 325 Å². The number of nitrogens with zero attached hydrogens (tertiary/aromatic N) is 4. The van der Waals surface area contributed by atoms with Crippen molar-refractivity contribution in [1.82, 2.24) is 9.55 Å². The number of benzene rings is 6. The van der Waals surface area contributed by atoms with E-state index in [1.807, 2.05) is 36.5 Å². The largest absolute Gasteiger partial charge is 2.00 e. The van der Waals surface area contributed by atoms with Crippen LogP contribution in [0.3, 0.4) is 0 Å². The summed E-state index contributed by atoms with van der Waals surface area (Å²) in [6, 6.07) is 60.9. The van der Waals surface area contributed by atoms with E-state index < -0.39 is 15.0 Å². The topological polar surface area (TPSA) is 24.3 Å². The zero-order chi connectivity index (χ0) is 37.0. The molecule has 6 aromatic carbocycles. The van der Waals surface area contributed by atoms with E-state index in [4.69, 9.17) is 9.10 Å². The predicted octanol–water partition coefficient (Wildman–Crippen LogP) is 7.82. The molecule has 52 heavy (non-hydrogen) atoms. The Kier molecular flexibility index (Phi) is 8.02. The van der Waals surface area contributed by atoms with Crippen LogP contribution in [-0.2, 0) is 21.1 Å². The standard InChI is InChI=1S/C46H38N4Si.Pt/c1-33(2)34-27-28-47-46(29-34)50-42-22-11-10-21-40(42)41-26-25-39(31-45(41)50)51(36-16-6-4-7-17-36,37-18-8-5-9-19-37)38-20-14-15-35(30-38)49-32-48(3)43-23-12-13-24-44(43)49;/h4-29,33H,32H2,1-3H3;/q-2;+2/i3D3;. The molecule has 0 aliphatic carbocycles. The van der Waals surface area contributed by atoms with Crippen LogP contribution in [0.4, 0.5) is 17.1 Å². The fourth-order valence-corrected chi connectivity index (χ4v) is 12.4. The molecule has 0 saturated carbocycles. The third-order valence-electron chi connectivity index (χ3n) is 10.3. The molecule has 8 aromatic rings. The second-order valence-corrected chi connectivity index (χ2v) is 17.2. The first kappa shape index (κ1) is 30.4. The molecule has 2 aromatic heterocycles. The van der Waals surface area contributed by atoms with Gasteiger partial charge in [-0.3, -0.25) is 0 Å². The molecule has 4 nitrogen and oxygen atoms in total. The summed E-state index contributed by atoms with van der Waals surface area (Å²) in [7, 11) is -3.14. The van der Waals surface area contributed by atoms with Crippen LogP contribution in [0.25, 0.3) is 27.6 Å². The van der Waals surface area contributed by atoms with Gasteiger partial charge in [0.05, 0.1) is 18.0 Å². The van der Waals surface area contributed by atoms with Crippen LogP contribution in [0.15, 0.2) is 158 Å². The first-order valence-electron chi connectivity index (χ1n) is 19.0. The van der Waals surface area contributed by atoms with E-state index >= 15 is 0 Å². The molecule has 9 rings (SSSR count). The van der Waals surface area contributed by atoms with E-state index in [-0.39, 0.29) is 27.7 Å². The fourth-order valence-electron chi connectivity index (χ4n) is 7.83. The van der Waals surface area contributed by atoms with Gasteiger partial charge in [0.2, 0.25) is 0 Å². The molecule has 0 N–H and O–H groups in total. The van der Waals surface area contributed by atoms with E-state index in [0.29, 0.717) is 11.6 Å². The van der Waals surface area contributed by atoms with Gasteiger partial charge in [0, 0.05) is 22.8 Å². The molecule has 3 heterocycles. The molecule has 0 saturated heterocycles. The summed E-state index contributed by atoms with van der Waals surface area (Å²) in [5, 5.41) is 6.82. The van der Waals surface area contributed by atoms with Gasteiger partial charge in [-0.1, -0.05) is 116 Å². The number of hydrogen-bond acceptors (Lipinski definition) is 3. The monoisotopic (exact) mass is 872 g/mol. The summed E-state index contributed by atoms with van der Waals surface area (Å²) < 4.78 is 27.2. The molecule has 256 valence electrons. The van der Waals surface area contributed by atoms with E-state index in [1.54, 1.807) is 0 Å². The van der Waals surface area contributed by atoms with Gasteiger partial charge in [0.25, 0.3) is 0 Å². The van der Waals surface area contributed by atoms with Crippen molar-refractivity contribution in [1.29, 1.82) is 0 Å². The number of fused-ring (bicyclic) bond motifs is 4. The van der Waals surface area contributed by atoms with Crippen LogP contribution < -0.4 is 30.5 Å². The fraction of sp³-hybridized carbons (Fsp3) is 0.109. The summed E-state index contributed by atoms with van der Waals surface area (Å²) in [4.78, 5) is 8.49. The summed E-state index contributed by atoms with van der Waals surface area (Å²) in [5.41, 5.74) is 5.64. The Morgan fingerprint density at radius 2 is 1.35 bits per heavy atom. The Morgan fingerprint density at radius 1 is 0.673 bits per heavy atom. The van der Waals surface area contributed by atoms with Gasteiger partial charge in [-0.05, 0) is 57.6 Å². The van der Waals surface area contributed by atoms with Crippen molar-refractivity contribution >= 4 is 67.7 Å². The molecule has 0 amide bonds. The molecule has 0 spiro atoms. The molecule has 0 bridgehead atoms. The summed E-state index contributed by atoms with van der Waals surface area (Å²) >= 11 is 0. The van der Waals surface area contributed by atoms with E-state index in [9.17, 15) is 0 Å². The van der Waals surface area contributed by atoms with Crippen molar-refractivity contribution in [2.24, 2.45) is 0 Å². The van der Waals surface area contributed by atoms with Crippen LogP contribution in [-0.4, -0.2) is 31.3 Å². The van der Waals surface area contributed by atoms with Crippen molar-refractivity contribution in [3.05, 3.63) is 176 Å². The first-order chi connectivity index (χ1) is 26.2. The van der Waals surface area contributed by atoms with Gasteiger partial charge in [0.1, 0.15) is 13.9 Å². The van der Waals surface area contributed by atoms with Crippen LogP contribution in [0, 0.1) is 12.1 Å². The van der Waals surface area contributed by atoms with Crippen molar-refractivity contribution < 1.29 is 25.2 Å². The van der Waals surface area contributed by atoms with Crippen LogP contribution >= 0.6 is 0 Å². The number of pyridine rings is 1. The second-order valence-electron chi connectivity index (χ2n) is 13.5. The Morgan fingerprint density at radius 3 is 2.08 bits per heavy atom. The quantitative estimate of drug-likeness (QED) is 0.0929. The van der Waals surface area contributed by atoms with E-state index in [1.165, 1.54) is 20.8 Å². The maximum Gasteiger partial charge on any atom is 2.00 e. The molecule has 1 aliphatic heterocycles. The molecule has 0 radical (unpaired) electrons. The Hall–Kier alpha value is -5.22. The van der Waals surface area contributed by atoms with Crippen molar-refractivity contribution in [2.45, 2.75) is 19.8 Å². The molecule has 0 unspecified atom stereocenters. The van der Waals surface area contributed by atoms with Gasteiger partial charge < -0.3 is 14.4 Å². The maximum atomic E-state index is 8.33. The molecule has 1 aliphatic rings. The van der Waals surface area contributed by atoms with Gasteiger partial charge in [-0.2, -0.15) is 46.8 Å². The van der Waals surface area contributed by atoms with Crippen LogP contribution in [0.2, 0.25) is 0 Å². The zero-order valence-corrected chi connectivity index (χ0v) is 32.2. The zero-order valence-electron chi connectivity index (χ0n) is 31.9. The first-order valence-corrected chi connectivity index (χ1v) is 19.5. The average Bonchev–Trinajstić information content (AvgIpc) is 3.76. The summed E-state index contributed by atoms with van der Waals surface area (Å²) in [5.74, 6) is 1.22. The third kappa shape index (κ3) is 5.42. The SMILES string of the molecule is [2H]C([2H])([2H])N1CN(c2[c-]c([Si](c3[c-]c4c(cc3)c3ccccc3n4-c3cc(C(C)C)ccn3)(c3ccccc3)c3ccccc3)ccc2)c2ccccc21.[Pt+2]. The minimum atomic E-state index is -3.14. The van der Waals surface area contributed by atoms with Crippen molar-refractivity contribution in [2.75, 3.05) is 23.4 Å². The Balaban J connectivity index is 0.00000427. The molecular weight excluding hydrogens is 832 g/mol. The number of aromatic nitrogens is 2. The van der Waals surface area contributed by atoms with E-state index in [0.717, 1.165) is 49.4 Å². The number of rotatable bonds is 7. The van der Waals surface area contributed by atoms with Crippen LogP contribution in [0.1, 0.15) is 29.4 Å². The minimum Gasteiger partial charge on any atom is -0.355 e. The second kappa shape index (κ2) is 13.7. The summed E-state index contributed by atoms with van der Waals surface area (Å²) in [6.45, 7) is 2.32. The van der Waals surface area contributed by atoms with Gasteiger partial charge in [-0.15, -0.1) is 11.5 Å². The Bertz CT molecular complexity index is 2600. The van der Waals surface area contributed by atoms with Gasteiger partial charge in [0.15, 0.2) is 0 Å². The molecule has 0 atom stereocenters. The minimum absolute atomic E-state index is 0. The van der Waals surface area contributed by atoms with Gasteiger partial charge in [-0.25, -0.2) is 4.98 Å². The number of para-hydroxylation sites is 3. The smallest absolute Gasteiger partial charge is 0.355 e. The molecular formula is C46H38N4PtSi. The predicted molar refractivity (Wildman–Crippen MR) is 216 cm³/mol. The average molecular weight is 873 g/mol. The third-order valence-corrected chi connectivity index (χ3v) is 14.9. The number of anilines is 3. The van der Waals surface area contributed by atoms with Crippen molar-refractivity contribution in [3.8, 4) is 5.82 Å². The maximum absolute atomic E-state index is 8.33. The van der Waals surface area contributed by atoms with E-state index in [2.05, 4.69) is 157 Å². The molecule has 0 fully saturated rings.